The minimum absolute atomic E-state index is 0.105. The average Bonchev–Trinajstić information content (AvgIpc) is 2.81. The molecule has 5 nitrogen and oxygen atoms in total. The summed E-state index contributed by atoms with van der Waals surface area (Å²) in [5.74, 6) is 0.572. The zero-order valence-corrected chi connectivity index (χ0v) is 11.2. The number of carbonyl (C=O) groups excluding carboxylic acids is 1. The van der Waals surface area contributed by atoms with E-state index >= 15 is 0 Å². The van der Waals surface area contributed by atoms with E-state index in [0.717, 1.165) is 0 Å². The van der Waals surface area contributed by atoms with Gasteiger partial charge in [0.1, 0.15) is 12.4 Å². The summed E-state index contributed by atoms with van der Waals surface area (Å²) in [4.78, 5) is 11.7. The third kappa shape index (κ3) is 4.38. The average molecular weight is 285 g/mol. The van der Waals surface area contributed by atoms with Gasteiger partial charge in [0.05, 0.1) is 18.7 Å². The third-order valence-electron chi connectivity index (χ3n) is 2.89. The number of nitrogens with one attached hydrogen (secondary N) is 2. The summed E-state index contributed by atoms with van der Waals surface area (Å²) >= 11 is 5.83. The van der Waals surface area contributed by atoms with Crippen LogP contribution in [0.25, 0.3) is 0 Å². The second kappa shape index (κ2) is 6.75. The molecule has 0 aromatic heterocycles. The summed E-state index contributed by atoms with van der Waals surface area (Å²) in [6.45, 7) is 1.26. The van der Waals surface area contributed by atoms with Crippen molar-refractivity contribution in [3.05, 3.63) is 29.3 Å². The molecule has 1 aliphatic rings. The molecule has 1 heterocycles. The van der Waals surface area contributed by atoms with Gasteiger partial charge in [0.2, 0.25) is 5.91 Å². The maximum Gasteiger partial charge on any atom is 0.237 e. The van der Waals surface area contributed by atoms with Crippen molar-refractivity contribution < 1.29 is 14.6 Å². The van der Waals surface area contributed by atoms with Crippen molar-refractivity contribution in [2.45, 2.75) is 18.6 Å². The number of aliphatic hydroxyl groups is 1. The summed E-state index contributed by atoms with van der Waals surface area (Å²) < 4.78 is 5.45. The predicted octanol–water partition coefficient (Wildman–Crippen LogP) is 0.558. The molecule has 0 unspecified atom stereocenters. The Labute approximate surface area is 116 Å². The van der Waals surface area contributed by atoms with Crippen molar-refractivity contribution in [3.8, 4) is 5.75 Å². The van der Waals surface area contributed by atoms with Crippen molar-refractivity contribution in [2.75, 3.05) is 19.7 Å². The number of carbonyl (C=O) groups is 1. The van der Waals surface area contributed by atoms with Crippen LogP contribution in [0.1, 0.15) is 6.42 Å². The number of β-amino-alcohol motifs (C(OH)–C–C–N with tert-alkyl or cyclic N) is 1. The second-order valence-electron chi connectivity index (χ2n) is 4.45. The summed E-state index contributed by atoms with van der Waals surface area (Å²) in [7, 11) is 0. The van der Waals surface area contributed by atoms with E-state index < -0.39 is 6.10 Å². The number of ether oxygens (including phenoxy) is 1. The molecule has 104 valence electrons. The molecule has 3 N–H and O–H groups in total. The van der Waals surface area contributed by atoms with Gasteiger partial charge in [0.25, 0.3) is 0 Å². The van der Waals surface area contributed by atoms with Crippen molar-refractivity contribution >= 4 is 17.5 Å². The Balaban J connectivity index is 1.65. The van der Waals surface area contributed by atoms with Crippen molar-refractivity contribution in [1.29, 1.82) is 0 Å². The largest absolute Gasteiger partial charge is 0.492 e. The third-order valence-corrected chi connectivity index (χ3v) is 3.13. The molecule has 0 bridgehead atoms. The number of rotatable bonds is 5. The van der Waals surface area contributed by atoms with Gasteiger partial charge in [-0.2, -0.15) is 0 Å². The van der Waals surface area contributed by atoms with Crippen molar-refractivity contribution in [2.24, 2.45) is 0 Å². The summed E-state index contributed by atoms with van der Waals surface area (Å²) in [5, 5.41) is 15.6. The SMILES string of the molecule is O=C(NCCOc1cccc(Cl)c1)[C@H]1C[C@H](O)CN1. The summed E-state index contributed by atoms with van der Waals surface area (Å²) in [6, 6.07) is 6.80. The van der Waals surface area contributed by atoms with Gasteiger partial charge in [-0.3, -0.25) is 4.79 Å². The van der Waals surface area contributed by atoms with Gasteiger partial charge < -0.3 is 20.5 Å². The van der Waals surface area contributed by atoms with Gasteiger partial charge in [-0.05, 0) is 24.6 Å². The van der Waals surface area contributed by atoms with Crippen LogP contribution in [0.4, 0.5) is 0 Å². The van der Waals surface area contributed by atoms with Crippen LogP contribution in [0.5, 0.6) is 5.75 Å². The first kappa shape index (κ1) is 14.1. The first-order valence-corrected chi connectivity index (χ1v) is 6.60. The fraction of sp³-hybridized carbons (Fsp3) is 0.462. The zero-order valence-electron chi connectivity index (χ0n) is 10.4. The normalized spacial score (nSPS) is 22.2. The topological polar surface area (TPSA) is 70.6 Å². The number of hydrogen-bond acceptors (Lipinski definition) is 4. The molecule has 0 saturated carbocycles. The van der Waals surface area contributed by atoms with Crippen LogP contribution < -0.4 is 15.4 Å². The molecule has 0 spiro atoms. The number of benzene rings is 1. The molecule has 19 heavy (non-hydrogen) atoms. The van der Waals surface area contributed by atoms with E-state index in [4.69, 9.17) is 16.3 Å². The fourth-order valence-corrected chi connectivity index (χ4v) is 2.12. The lowest BCUT2D eigenvalue weighted by molar-refractivity contribution is -0.123. The molecule has 1 saturated heterocycles. The first-order valence-electron chi connectivity index (χ1n) is 6.22. The van der Waals surface area contributed by atoms with Gasteiger partial charge in [-0.15, -0.1) is 0 Å². The van der Waals surface area contributed by atoms with E-state index in [0.29, 0.717) is 36.9 Å². The van der Waals surface area contributed by atoms with Gasteiger partial charge in [0.15, 0.2) is 0 Å². The van der Waals surface area contributed by atoms with Crippen LogP contribution in [0, 0.1) is 0 Å². The van der Waals surface area contributed by atoms with E-state index in [-0.39, 0.29) is 11.9 Å². The van der Waals surface area contributed by atoms with Crippen molar-refractivity contribution in [3.63, 3.8) is 0 Å². The molecule has 1 aromatic rings. The Bertz CT molecular complexity index is 442. The Morgan fingerprint density at radius 1 is 1.58 bits per heavy atom. The smallest absolute Gasteiger partial charge is 0.237 e. The number of amides is 1. The monoisotopic (exact) mass is 284 g/mol. The maximum absolute atomic E-state index is 11.7. The quantitative estimate of drug-likeness (QED) is 0.691. The van der Waals surface area contributed by atoms with Gasteiger partial charge in [-0.1, -0.05) is 17.7 Å². The molecule has 1 fully saturated rings. The standard InChI is InChI=1S/C13H17ClN2O3/c14-9-2-1-3-11(6-9)19-5-4-15-13(18)12-7-10(17)8-16-12/h1-3,6,10,12,16-17H,4-5,7-8H2,(H,15,18)/t10-,12+/m0/s1. The molecular formula is C13H17ClN2O3. The van der Waals surface area contributed by atoms with E-state index in [1.807, 2.05) is 6.07 Å². The number of hydrogen-bond donors (Lipinski definition) is 3. The highest BCUT2D eigenvalue weighted by Gasteiger charge is 2.27. The highest BCUT2D eigenvalue weighted by Crippen LogP contribution is 2.16. The minimum Gasteiger partial charge on any atom is -0.492 e. The van der Waals surface area contributed by atoms with Gasteiger partial charge in [-0.25, -0.2) is 0 Å². The molecule has 1 aliphatic heterocycles. The molecule has 0 radical (unpaired) electrons. The maximum atomic E-state index is 11.7. The fourth-order valence-electron chi connectivity index (χ4n) is 1.94. The van der Waals surface area contributed by atoms with E-state index in [2.05, 4.69) is 10.6 Å². The van der Waals surface area contributed by atoms with E-state index in [9.17, 15) is 9.90 Å². The highest BCUT2D eigenvalue weighted by atomic mass is 35.5. The molecule has 2 rings (SSSR count). The van der Waals surface area contributed by atoms with Crippen LogP contribution in [-0.2, 0) is 4.79 Å². The Hall–Kier alpha value is -1.30. The van der Waals surface area contributed by atoms with Crippen LogP contribution in [0.2, 0.25) is 5.02 Å². The molecule has 1 amide bonds. The Morgan fingerprint density at radius 2 is 2.42 bits per heavy atom. The Kier molecular flexibility index (Phi) is 5.01. The lowest BCUT2D eigenvalue weighted by atomic mass is 10.2. The Morgan fingerprint density at radius 3 is 3.11 bits per heavy atom. The lowest BCUT2D eigenvalue weighted by Crippen LogP contribution is -2.41. The predicted molar refractivity (Wildman–Crippen MR) is 72.4 cm³/mol. The lowest BCUT2D eigenvalue weighted by Gasteiger charge is -2.11. The number of aliphatic hydroxyl groups excluding tert-OH is 1. The van der Waals surface area contributed by atoms with Crippen LogP contribution in [-0.4, -0.2) is 42.9 Å². The highest BCUT2D eigenvalue weighted by molar-refractivity contribution is 6.30. The van der Waals surface area contributed by atoms with Gasteiger partial charge >= 0.3 is 0 Å². The van der Waals surface area contributed by atoms with E-state index in [1.54, 1.807) is 18.2 Å². The van der Waals surface area contributed by atoms with Gasteiger partial charge in [0, 0.05) is 11.6 Å². The van der Waals surface area contributed by atoms with Crippen LogP contribution >= 0.6 is 11.6 Å². The second-order valence-corrected chi connectivity index (χ2v) is 4.88. The molecule has 1 aromatic carbocycles. The summed E-state index contributed by atoms with van der Waals surface area (Å²) in [5.41, 5.74) is 0. The minimum atomic E-state index is -0.432. The molecular weight excluding hydrogens is 268 g/mol. The zero-order chi connectivity index (χ0) is 13.7. The van der Waals surface area contributed by atoms with E-state index in [1.165, 1.54) is 0 Å². The molecule has 6 heteroatoms. The molecule has 0 aliphatic carbocycles. The summed E-state index contributed by atoms with van der Waals surface area (Å²) in [6.07, 6.45) is 0.0273. The van der Waals surface area contributed by atoms with Crippen LogP contribution in [0.3, 0.4) is 0 Å². The number of halogens is 1. The van der Waals surface area contributed by atoms with Crippen LogP contribution in [0.15, 0.2) is 24.3 Å². The molecule has 2 atom stereocenters. The van der Waals surface area contributed by atoms with Crippen molar-refractivity contribution in [1.82, 2.24) is 10.6 Å². The first-order chi connectivity index (χ1) is 9.15.